The molecule has 4 heteroatoms. The zero-order chi connectivity index (χ0) is 6.69. The lowest BCUT2D eigenvalue weighted by molar-refractivity contribution is 0.133. The first-order chi connectivity index (χ1) is 4.36. The van der Waals surface area contributed by atoms with E-state index in [0.29, 0.717) is 6.61 Å². The van der Waals surface area contributed by atoms with Crippen LogP contribution in [0, 0.1) is 0 Å². The number of aliphatic hydroxyl groups is 1. The average molecular weight is 130 g/mol. The van der Waals surface area contributed by atoms with Crippen molar-refractivity contribution < 1.29 is 14.4 Å². The maximum absolute atomic E-state index is 8.57. The van der Waals surface area contributed by atoms with Crippen LogP contribution in [0.5, 0.6) is 0 Å². The molecule has 1 aliphatic rings. The predicted molar refractivity (Wildman–Crippen MR) is 34.1 cm³/mol. The highest BCUT2D eigenvalue weighted by atomic mass is 16.6. The van der Waals surface area contributed by atoms with Crippen LogP contribution in [0.2, 0.25) is 6.32 Å². The SMILES string of the molecule is CCB1OCC(CO)O1. The fourth-order valence-electron chi connectivity index (χ4n) is 0.818. The molecule has 1 atom stereocenters. The molecule has 0 amide bonds. The third kappa shape index (κ3) is 1.68. The molecular weight excluding hydrogens is 119 g/mol. The van der Waals surface area contributed by atoms with E-state index in [1.165, 1.54) is 0 Å². The van der Waals surface area contributed by atoms with Crippen molar-refractivity contribution in [3.05, 3.63) is 0 Å². The minimum Gasteiger partial charge on any atom is -0.408 e. The van der Waals surface area contributed by atoms with Crippen molar-refractivity contribution in [2.75, 3.05) is 13.2 Å². The molecule has 1 N–H and O–H groups in total. The van der Waals surface area contributed by atoms with E-state index in [-0.39, 0.29) is 19.8 Å². The van der Waals surface area contributed by atoms with Gasteiger partial charge in [-0.25, -0.2) is 0 Å². The molecule has 0 aromatic rings. The second-order valence-electron chi connectivity index (χ2n) is 2.11. The standard InChI is InChI=1S/C5H11BO3/c1-2-6-8-4-5(3-7)9-6/h5,7H,2-4H2,1H3. The summed E-state index contributed by atoms with van der Waals surface area (Å²) in [5.74, 6) is 0. The van der Waals surface area contributed by atoms with E-state index < -0.39 is 0 Å². The van der Waals surface area contributed by atoms with E-state index in [0.717, 1.165) is 6.32 Å². The molecule has 0 spiro atoms. The van der Waals surface area contributed by atoms with Gasteiger partial charge in [-0.05, 0) is 6.32 Å². The Morgan fingerprint density at radius 1 is 1.78 bits per heavy atom. The highest BCUT2D eigenvalue weighted by Gasteiger charge is 2.28. The third-order valence-electron chi connectivity index (χ3n) is 1.35. The van der Waals surface area contributed by atoms with Crippen LogP contribution in [0.25, 0.3) is 0 Å². The van der Waals surface area contributed by atoms with Gasteiger partial charge in [0, 0.05) is 0 Å². The Kier molecular flexibility index (Phi) is 2.51. The summed E-state index contributed by atoms with van der Waals surface area (Å²) in [5.41, 5.74) is 0. The molecule has 1 saturated heterocycles. The third-order valence-corrected chi connectivity index (χ3v) is 1.35. The van der Waals surface area contributed by atoms with Crippen molar-refractivity contribution >= 4 is 7.12 Å². The van der Waals surface area contributed by atoms with Gasteiger partial charge in [0.2, 0.25) is 0 Å². The van der Waals surface area contributed by atoms with Crippen molar-refractivity contribution in [3.8, 4) is 0 Å². The second kappa shape index (κ2) is 3.20. The van der Waals surface area contributed by atoms with Crippen molar-refractivity contribution in [2.24, 2.45) is 0 Å². The number of rotatable bonds is 2. The van der Waals surface area contributed by atoms with Crippen LogP contribution in [-0.2, 0) is 9.31 Å². The lowest BCUT2D eigenvalue weighted by Gasteiger charge is -2.02. The first-order valence-electron chi connectivity index (χ1n) is 3.24. The van der Waals surface area contributed by atoms with Gasteiger partial charge in [-0.3, -0.25) is 0 Å². The maximum Gasteiger partial charge on any atom is 0.457 e. The van der Waals surface area contributed by atoms with Crippen LogP contribution < -0.4 is 0 Å². The molecular formula is C5H11BO3. The molecule has 1 rings (SSSR count). The Labute approximate surface area is 55.1 Å². The van der Waals surface area contributed by atoms with Gasteiger partial charge in [0.1, 0.15) is 0 Å². The van der Waals surface area contributed by atoms with Crippen LogP contribution >= 0.6 is 0 Å². The highest BCUT2D eigenvalue weighted by Crippen LogP contribution is 2.09. The van der Waals surface area contributed by atoms with Gasteiger partial charge in [0.05, 0.1) is 19.3 Å². The minimum absolute atomic E-state index is 0.0660. The highest BCUT2D eigenvalue weighted by molar-refractivity contribution is 6.44. The van der Waals surface area contributed by atoms with E-state index in [2.05, 4.69) is 0 Å². The Morgan fingerprint density at radius 3 is 2.89 bits per heavy atom. The summed E-state index contributed by atoms with van der Waals surface area (Å²) in [5, 5.41) is 8.57. The van der Waals surface area contributed by atoms with Gasteiger partial charge in [-0.1, -0.05) is 6.92 Å². The normalized spacial score (nSPS) is 27.3. The van der Waals surface area contributed by atoms with Crippen molar-refractivity contribution in [1.29, 1.82) is 0 Å². The van der Waals surface area contributed by atoms with Gasteiger partial charge in [-0.2, -0.15) is 0 Å². The Bertz CT molecular complexity index is 78.3. The molecule has 1 unspecified atom stereocenters. The molecule has 0 aliphatic carbocycles. The quantitative estimate of drug-likeness (QED) is 0.530. The summed E-state index contributed by atoms with van der Waals surface area (Å²) >= 11 is 0. The number of hydrogen-bond acceptors (Lipinski definition) is 3. The van der Waals surface area contributed by atoms with Gasteiger partial charge in [0.25, 0.3) is 0 Å². The topological polar surface area (TPSA) is 38.7 Å². The van der Waals surface area contributed by atoms with Crippen molar-refractivity contribution in [1.82, 2.24) is 0 Å². The summed E-state index contributed by atoms with van der Waals surface area (Å²) in [4.78, 5) is 0. The minimum atomic E-state index is -0.0880. The fourth-order valence-corrected chi connectivity index (χ4v) is 0.818. The van der Waals surface area contributed by atoms with E-state index in [4.69, 9.17) is 14.4 Å². The van der Waals surface area contributed by atoms with Crippen molar-refractivity contribution in [2.45, 2.75) is 19.3 Å². The summed E-state index contributed by atoms with van der Waals surface area (Å²) in [7, 11) is -0.0813. The Balaban J connectivity index is 2.20. The molecule has 0 radical (unpaired) electrons. The Morgan fingerprint density at radius 2 is 2.56 bits per heavy atom. The van der Waals surface area contributed by atoms with Crippen LogP contribution in [0.3, 0.4) is 0 Å². The van der Waals surface area contributed by atoms with E-state index >= 15 is 0 Å². The van der Waals surface area contributed by atoms with Crippen LogP contribution in [0.15, 0.2) is 0 Å². The molecule has 52 valence electrons. The largest absolute Gasteiger partial charge is 0.457 e. The monoisotopic (exact) mass is 130 g/mol. The molecule has 0 aromatic heterocycles. The lowest BCUT2D eigenvalue weighted by Crippen LogP contribution is -2.17. The van der Waals surface area contributed by atoms with Gasteiger partial charge >= 0.3 is 7.12 Å². The predicted octanol–water partition coefficient (Wildman–Crippen LogP) is -0.0978. The molecule has 1 heterocycles. The summed E-state index contributed by atoms with van der Waals surface area (Å²) < 4.78 is 10.3. The van der Waals surface area contributed by atoms with Crippen molar-refractivity contribution in [3.63, 3.8) is 0 Å². The maximum atomic E-state index is 8.57. The number of aliphatic hydroxyl groups excluding tert-OH is 1. The summed E-state index contributed by atoms with van der Waals surface area (Å²) in [6, 6.07) is 0. The fraction of sp³-hybridized carbons (Fsp3) is 1.00. The van der Waals surface area contributed by atoms with Crippen LogP contribution in [0.4, 0.5) is 0 Å². The second-order valence-corrected chi connectivity index (χ2v) is 2.11. The van der Waals surface area contributed by atoms with Gasteiger partial charge in [-0.15, -0.1) is 0 Å². The molecule has 1 fully saturated rings. The first kappa shape index (κ1) is 7.06. The van der Waals surface area contributed by atoms with Gasteiger partial charge in [0.15, 0.2) is 0 Å². The van der Waals surface area contributed by atoms with E-state index in [9.17, 15) is 0 Å². The lowest BCUT2D eigenvalue weighted by atomic mass is 9.87. The Hall–Kier alpha value is -0.0551. The zero-order valence-corrected chi connectivity index (χ0v) is 5.54. The van der Waals surface area contributed by atoms with E-state index in [1.807, 2.05) is 6.92 Å². The molecule has 1 aliphatic heterocycles. The molecule has 0 aromatic carbocycles. The summed E-state index contributed by atoms with van der Waals surface area (Å²) in [6.45, 7) is 2.59. The molecule has 0 bridgehead atoms. The summed E-state index contributed by atoms with van der Waals surface area (Å²) in [6.07, 6.45) is 0.770. The number of hydrogen-bond donors (Lipinski definition) is 1. The average Bonchev–Trinajstić information content (AvgIpc) is 2.34. The van der Waals surface area contributed by atoms with Crippen LogP contribution in [-0.4, -0.2) is 31.5 Å². The molecule has 9 heavy (non-hydrogen) atoms. The van der Waals surface area contributed by atoms with E-state index in [1.54, 1.807) is 0 Å². The molecule has 0 saturated carbocycles. The first-order valence-corrected chi connectivity index (χ1v) is 3.24. The van der Waals surface area contributed by atoms with Crippen LogP contribution in [0.1, 0.15) is 6.92 Å². The molecule has 3 nitrogen and oxygen atoms in total. The zero-order valence-electron chi connectivity index (χ0n) is 5.54. The smallest absolute Gasteiger partial charge is 0.408 e. The van der Waals surface area contributed by atoms with Gasteiger partial charge < -0.3 is 14.4 Å².